The average Bonchev–Trinajstić information content (AvgIpc) is 2.79. The maximum atomic E-state index is 12.3. The number of benzene rings is 3. The van der Waals surface area contributed by atoms with Crippen molar-refractivity contribution in [1.82, 2.24) is 0 Å². The summed E-state index contributed by atoms with van der Waals surface area (Å²) >= 11 is 0. The first kappa shape index (κ1) is 23.5. The Bertz CT molecular complexity index is 1100. The fourth-order valence-corrected chi connectivity index (χ4v) is 3.11. The van der Waals surface area contributed by atoms with Crippen molar-refractivity contribution in [3.05, 3.63) is 84.4 Å². The van der Waals surface area contributed by atoms with Crippen LogP contribution in [-0.4, -0.2) is 24.3 Å². The van der Waals surface area contributed by atoms with Crippen molar-refractivity contribution < 1.29 is 14.4 Å². The van der Waals surface area contributed by atoms with Gasteiger partial charge in [-0.1, -0.05) is 38.1 Å². The van der Waals surface area contributed by atoms with Gasteiger partial charge in [-0.2, -0.15) is 0 Å². The molecule has 0 radical (unpaired) electrons. The summed E-state index contributed by atoms with van der Waals surface area (Å²) in [5.74, 6) is -0.169. The third kappa shape index (κ3) is 7.81. The monoisotopic (exact) mass is 444 g/mol. The van der Waals surface area contributed by atoms with E-state index >= 15 is 0 Å². The van der Waals surface area contributed by atoms with Crippen LogP contribution in [0.2, 0.25) is 0 Å². The van der Waals surface area contributed by atoms with E-state index in [9.17, 15) is 14.4 Å². The van der Waals surface area contributed by atoms with Gasteiger partial charge in [-0.05, 0) is 60.5 Å². The van der Waals surface area contributed by atoms with E-state index in [-0.39, 0.29) is 24.3 Å². The van der Waals surface area contributed by atoms with Crippen molar-refractivity contribution in [2.24, 2.45) is 5.92 Å². The summed E-state index contributed by atoms with van der Waals surface area (Å²) in [4.78, 5) is 36.5. The van der Waals surface area contributed by atoms with Crippen molar-refractivity contribution in [3.63, 3.8) is 0 Å². The Balaban J connectivity index is 1.48. The highest BCUT2D eigenvalue weighted by atomic mass is 16.2. The van der Waals surface area contributed by atoms with Crippen molar-refractivity contribution in [1.29, 1.82) is 0 Å². The number of carbonyl (C=O) groups is 3. The highest BCUT2D eigenvalue weighted by Crippen LogP contribution is 2.17. The first-order chi connectivity index (χ1) is 15.9. The molecule has 0 spiro atoms. The lowest BCUT2D eigenvalue weighted by atomic mass is 10.1. The maximum Gasteiger partial charge on any atom is 0.255 e. The second-order valence-electron chi connectivity index (χ2n) is 8.03. The summed E-state index contributed by atoms with van der Waals surface area (Å²) in [6.45, 7) is 4.06. The second kappa shape index (κ2) is 11.5. The van der Waals surface area contributed by atoms with Crippen LogP contribution in [0, 0.1) is 5.92 Å². The van der Waals surface area contributed by atoms with Gasteiger partial charge in [0.05, 0.1) is 6.54 Å². The summed E-state index contributed by atoms with van der Waals surface area (Å²) in [5.41, 5.74) is 3.20. The third-order valence-corrected chi connectivity index (χ3v) is 4.66. The highest BCUT2D eigenvalue weighted by molar-refractivity contribution is 6.04. The van der Waals surface area contributed by atoms with Crippen LogP contribution in [0.25, 0.3) is 0 Å². The molecule has 4 N–H and O–H groups in total. The molecule has 7 heteroatoms. The van der Waals surface area contributed by atoms with Crippen LogP contribution in [0.4, 0.5) is 22.7 Å². The SMILES string of the molecule is CC(C)CC(=O)Nc1ccc(NCC(=O)Nc2cccc(NC(=O)c3ccccc3)c2)cc1. The van der Waals surface area contributed by atoms with E-state index in [0.717, 1.165) is 5.69 Å². The number of nitrogens with one attached hydrogen (secondary N) is 4. The van der Waals surface area contributed by atoms with Crippen LogP contribution in [0.15, 0.2) is 78.9 Å². The van der Waals surface area contributed by atoms with Crippen LogP contribution in [-0.2, 0) is 9.59 Å². The van der Waals surface area contributed by atoms with E-state index in [0.29, 0.717) is 35.0 Å². The van der Waals surface area contributed by atoms with Crippen LogP contribution < -0.4 is 21.3 Å². The number of anilines is 4. The topological polar surface area (TPSA) is 99.3 Å². The lowest BCUT2D eigenvalue weighted by molar-refractivity contribution is -0.117. The molecule has 3 amide bonds. The lowest BCUT2D eigenvalue weighted by Crippen LogP contribution is -2.22. The largest absolute Gasteiger partial charge is 0.376 e. The molecule has 3 aromatic rings. The zero-order valence-electron chi connectivity index (χ0n) is 18.7. The Morgan fingerprint density at radius 3 is 1.94 bits per heavy atom. The Hall–Kier alpha value is -4.13. The zero-order chi connectivity index (χ0) is 23.6. The van der Waals surface area contributed by atoms with Crippen molar-refractivity contribution in [2.75, 3.05) is 27.8 Å². The predicted octanol–water partition coefficient (Wildman–Crippen LogP) is 4.97. The van der Waals surface area contributed by atoms with E-state index in [1.54, 1.807) is 72.8 Å². The highest BCUT2D eigenvalue weighted by Gasteiger charge is 2.08. The Morgan fingerprint density at radius 2 is 1.27 bits per heavy atom. The van der Waals surface area contributed by atoms with Gasteiger partial charge in [0, 0.05) is 34.7 Å². The molecule has 7 nitrogen and oxygen atoms in total. The number of carbonyl (C=O) groups excluding carboxylic acids is 3. The van der Waals surface area contributed by atoms with Crippen LogP contribution in [0.1, 0.15) is 30.6 Å². The Labute approximate surface area is 193 Å². The van der Waals surface area contributed by atoms with Gasteiger partial charge < -0.3 is 21.3 Å². The molecule has 0 atom stereocenters. The summed E-state index contributed by atoms with van der Waals surface area (Å²) in [7, 11) is 0. The smallest absolute Gasteiger partial charge is 0.255 e. The summed E-state index contributed by atoms with van der Waals surface area (Å²) in [6.07, 6.45) is 0.470. The van der Waals surface area contributed by atoms with E-state index in [1.165, 1.54) is 0 Å². The fraction of sp³-hybridized carbons (Fsp3) is 0.192. The molecule has 170 valence electrons. The molecule has 0 aliphatic heterocycles. The van der Waals surface area contributed by atoms with Crippen LogP contribution >= 0.6 is 0 Å². The molecule has 0 aliphatic rings. The standard InChI is InChI=1S/C26H28N4O3/c1-18(2)15-24(31)28-21-13-11-20(12-14-21)27-17-25(32)29-22-9-6-10-23(16-22)30-26(33)19-7-4-3-5-8-19/h3-14,16,18,27H,15,17H2,1-2H3,(H,28,31)(H,29,32)(H,30,33). The third-order valence-electron chi connectivity index (χ3n) is 4.66. The summed E-state index contributed by atoms with van der Waals surface area (Å²) in [5, 5.41) is 11.5. The number of hydrogen-bond acceptors (Lipinski definition) is 4. The van der Waals surface area contributed by atoms with Crippen molar-refractivity contribution in [3.8, 4) is 0 Å². The fourth-order valence-electron chi connectivity index (χ4n) is 3.11. The summed E-state index contributed by atoms with van der Waals surface area (Å²) < 4.78 is 0. The van der Waals surface area contributed by atoms with Gasteiger partial charge in [-0.25, -0.2) is 0 Å². The second-order valence-corrected chi connectivity index (χ2v) is 8.03. The van der Waals surface area contributed by atoms with Crippen LogP contribution in [0.3, 0.4) is 0 Å². The molecule has 0 unspecified atom stereocenters. The average molecular weight is 445 g/mol. The maximum absolute atomic E-state index is 12.3. The van der Waals surface area contributed by atoms with Gasteiger partial charge >= 0.3 is 0 Å². The quantitative estimate of drug-likeness (QED) is 0.374. The minimum absolute atomic E-state index is 0.0210. The molecule has 0 aliphatic carbocycles. The van der Waals surface area contributed by atoms with E-state index in [2.05, 4.69) is 21.3 Å². The number of rotatable bonds is 9. The van der Waals surface area contributed by atoms with Crippen molar-refractivity contribution in [2.45, 2.75) is 20.3 Å². The van der Waals surface area contributed by atoms with Gasteiger partial charge in [0.1, 0.15) is 0 Å². The van der Waals surface area contributed by atoms with Gasteiger partial charge in [0.25, 0.3) is 5.91 Å². The van der Waals surface area contributed by atoms with E-state index < -0.39 is 0 Å². The molecule has 3 aromatic carbocycles. The molecule has 3 rings (SSSR count). The molecule has 0 aromatic heterocycles. The molecular formula is C26H28N4O3. The molecule has 0 saturated carbocycles. The lowest BCUT2D eigenvalue weighted by Gasteiger charge is -2.11. The number of hydrogen-bond donors (Lipinski definition) is 4. The molecule has 0 saturated heterocycles. The predicted molar refractivity (Wildman–Crippen MR) is 132 cm³/mol. The van der Waals surface area contributed by atoms with Crippen LogP contribution in [0.5, 0.6) is 0 Å². The minimum Gasteiger partial charge on any atom is -0.376 e. The molecule has 0 bridgehead atoms. The normalized spacial score (nSPS) is 10.4. The Kier molecular flexibility index (Phi) is 8.18. The van der Waals surface area contributed by atoms with Gasteiger partial charge in [-0.3, -0.25) is 14.4 Å². The first-order valence-corrected chi connectivity index (χ1v) is 10.8. The van der Waals surface area contributed by atoms with E-state index in [4.69, 9.17) is 0 Å². The van der Waals surface area contributed by atoms with E-state index in [1.807, 2.05) is 19.9 Å². The molecule has 33 heavy (non-hydrogen) atoms. The minimum atomic E-state index is -0.226. The van der Waals surface area contributed by atoms with Gasteiger partial charge in [0.15, 0.2) is 0 Å². The number of amides is 3. The summed E-state index contributed by atoms with van der Waals surface area (Å²) in [6, 6.07) is 23.1. The first-order valence-electron chi connectivity index (χ1n) is 10.8. The zero-order valence-corrected chi connectivity index (χ0v) is 18.7. The molecule has 0 fully saturated rings. The molecular weight excluding hydrogens is 416 g/mol. The molecule has 0 heterocycles. The Morgan fingerprint density at radius 1 is 0.667 bits per heavy atom. The van der Waals surface area contributed by atoms with Crippen molar-refractivity contribution >= 4 is 40.5 Å². The van der Waals surface area contributed by atoms with Gasteiger partial charge in [-0.15, -0.1) is 0 Å². The van der Waals surface area contributed by atoms with Gasteiger partial charge in [0.2, 0.25) is 11.8 Å².